The summed E-state index contributed by atoms with van der Waals surface area (Å²) in [4.78, 5) is 44.2. The predicted octanol–water partition coefficient (Wildman–Crippen LogP) is 3.54. The number of rotatable bonds is 4. The van der Waals surface area contributed by atoms with Crippen LogP contribution in [0.5, 0.6) is 0 Å². The summed E-state index contributed by atoms with van der Waals surface area (Å²) >= 11 is 8.15. The van der Waals surface area contributed by atoms with E-state index in [1.165, 1.54) is 17.4 Å². The van der Waals surface area contributed by atoms with Crippen molar-refractivity contribution in [2.75, 3.05) is 11.9 Å². The first-order valence-electron chi connectivity index (χ1n) is 7.27. The second-order valence-corrected chi connectivity index (χ2v) is 7.50. The number of aromatic nitrogens is 2. The van der Waals surface area contributed by atoms with Gasteiger partial charge in [-0.1, -0.05) is 11.6 Å². The number of thiazole rings is 1. The second-order valence-electron chi connectivity index (χ2n) is 4.78. The number of halogens is 1. The van der Waals surface area contributed by atoms with E-state index in [-0.39, 0.29) is 26.5 Å². The van der Waals surface area contributed by atoms with E-state index < -0.39 is 17.9 Å². The monoisotopic (exact) mass is 410 g/mol. The molecule has 8 nitrogen and oxygen atoms in total. The maximum atomic E-state index is 12.4. The lowest BCUT2D eigenvalue weighted by Gasteiger charge is -2.05. The molecular formula is C15H11ClN4O4S2. The Morgan fingerprint density at radius 3 is 2.81 bits per heavy atom. The average Bonchev–Trinajstić information content (AvgIpc) is 3.18. The van der Waals surface area contributed by atoms with Crippen LogP contribution in [0.2, 0.25) is 4.34 Å². The van der Waals surface area contributed by atoms with Gasteiger partial charge >= 0.3 is 6.09 Å². The average molecular weight is 411 g/mol. The molecule has 26 heavy (non-hydrogen) atoms. The number of thiophene rings is 1. The van der Waals surface area contributed by atoms with E-state index in [0.29, 0.717) is 5.52 Å². The number of amides is 3. The number of alkyl carbamates (subject to hydrolysis) is 1. The van der Waals surface area contributed by atoms with Gasteiger partial charge in [-0.15, -0.1) is 22.7 Å². The first-order chi connectivity index (χ1) is 12.5. The molecule has 11 heteroatoms. The number of carbonyl (C=O) groups is 3. The number of pyridine rings is 1. The number of anilines is 1. The molecule has 0 unspecified atom stereocenters. The van der Waals surface area contributed by atoms with Crippen molar-refractivity contribution in [3.8, 4) is 0 Å². The normalized spacial score (nSPS) is 10.5. The van der Waals surface area contributed by atoms with E-state index >= 15 is 0 Å². The van der Waals surface area contributed by atoms with Crippen LogP contribution in [0.4, 0.5) is 9.80 Å². The zero-order chi connectivity index (χ0) is 18.7. The minimum absolute atomic E-state index is 0.0594. The van der Waals surface area contributed by atoms with Gasteiger partial charge in [-0.25, -0.2) is 9.78 Å². The molecule has 3 aromatic heterocycles. The minimum Gasteiger partial charge on any atom is -0.450 e. The van der Waals surface area contributed by atoms with E-state index in [2.05, 4.69) is 25.3 Å². The number of ether oxygens (including phenoxy) is 1. The number of hydrogen-bond acceptors (Lipinski definition) is 8. The lowest BCUT2D eigenvalue weighted by atomic mass is 10.3. The number of nitrogens with zero attached hydrogens (tertiary/aromatic N) is 2. The van der Waals surface area contributed by atoms with Crippen molar-refractivity contribution in [3.63, 3.8) is 0 Å². The predicted molar refractivity (Wildman–Crippen MR) is 99.2 cm³/mol. The molecule has 0 aliphatic carbocycles. The Bertz CT molecular complexity index is 968. The maximum absolute atomic E-state index is 12.4. The van der Waals surface area contributed by atoms with Gasteiger partial charge in [0.2, 0.25) is 0 Å². The number of fused-ring (bicyclic) bond motifs is 1. The van der Waals surface area contributed by atoms with Gasteiger partial charge < -0.3 is 10.1 Å². The van der Waals surface area contributed by atoms with Crippen molar-refractivity contribution < 1.29 is 19.1 Å². The van der Waals surface area contributed by atoms with Crippen LogP contribution >= 0.6 is 34.3 Å². The van der Waals surface area contributed by atoms with Crippen molar-refractivity contribution in [2.24, 2.45) is 0 Å². The molecule has 0 atom stereocenters. The number of carbonyl (C=O) groups excluding carboxylic acids is 3. The van der Waals surface area contributed by atoms with Crippen molar-refractivity contribution in [1.29, 1.82) is 0 Å². The van der Waals surface area contributed by atoms with E-state index in [9.17, 15) is 14.4 Å². The largest absolute Gasteiger partial charge is 0.450 e. The molecule has 0 bridgehead atoms. The summed E-state index contributed by atoms with van der Waals surface area (Å²) in [6, 6.07) is 3.11. The SMILES string of the molecule is CCOC(=O)NC(=O)c1cc(Cl)sc1NC(=O)c1nc2cnccc2s1. The molecule has 0 aromatic carbocycles. The Hall–Kier alpha value is -2.56. The molecule has 3 rings (SSSR count). The smallest absolute Gasteiger partial charge is 0.414 e. The highest BCUT2D eigenvalue weighted by atomic mass is 35.5. The molecule has 2 N–H and O–H groups in total. The fourth-order valence-electron chi connectivity index (χ4n) is 1.98. The van der Waals surface area contributed by atoms with Gasteiger partial charge in [-0.3, -0.25) is 19.9 Å². The third kappa shape index (κ3) is 3.98. The van der Waals surface area contributed by atoms with E-state index in [4.69, 9.17) is 11.6 Å². The molecule has 0 spiro atoms. The Morgan fingerprint density at radius 2 is 2.08 bits per heavy atom. The highest BCUT2D eigenvalue weighted by Crippen LogP contribution is 2.32. The Balaban J connectivity index is 1.80. The number of imide groups is 1. The van der Waals surface area contributed by atoms with Gasteiger partial charge in [-0.2, -0.15) is 0 Å². The molecule has 0 saturated carbocycles. The van der Waals surface area contributed by atoms with Gasteiger partial charge in [-0.05, 0) is 19.1 Å². The third-order valence-corrected chi connectivity index (χ3v) is 5.26. The van der Waals surface area contributed by atoms with Gasteiger partial charge in [0.05, 0.1) is 27.4 Å². The zero-order valence-corrected chi connectivity index (χ0v) is 15.6. The topological polar surface area (TPSA) is 110 Å². The van der Waals surface area contributed by atoms with Crippen LogP contribution in [0, 0.1) is 0 Å². The Kier molecular flexibility index (Phi) is 5.45. The molecule has 3 aromatic rings. The number of hydrogen-bond donors (Lipinski definition) is 2. The lowest BCUT2D eigenvalue weighted by molar-refractivity contribution is 0.0926. The number of nitrogens with one attached hydrogen (secondary N) is 2. The van der Waals surface area contributed by atoms with Crippen LogP contribution in [-0.4, -0.2) is 34.5 Å². The van der Waals surface area contributed by atoms with E-state index in [0.717, 1.165) is 16.0 Å². The van der Waals surface area contributed by atoms with E-state index in [1.54, 1.807) is 25.4 Å². The van der Waals surface area contributed by atoms with Crippen LogP contribution in [0.3, 0.4) is 0 Å². The van der Waals surface area contributed by atoms with Gasteiger partial charge in [0.15, 0.2) is 5.01 Å². The molecule has 0 aliphatic heterocycles. The van der Waals surface area contributed by atoms with E-state index in [1.807, 2.05) is 0 Å². The molecule has 3 heterocycles. The fourth-order valence-corrected chi connectivity index (χ4v) is 3.93. The minimum atomic E-state index is -0.879. The van der Waals surface area contributed by atoms with Gasteiger partial charge in [0.25, 0.3) is 11.8 Å². The third-order valence-electron chi connectivity index (χ3n) is 3.05. The van der Waals surface area contributed by atoms with Crippen LogP contribution < -0.4 is 10.6 Å². The van der Waals surface area contributed by atoms with Gasteiger partial charge in [0.1, 0.15) is 10.5 Å². The summed E-state index contributed by atoms with van der Waals surface area (Å²) in [6.07, 6.45) is 2.29. The Morgan fingerprint density at radius 1 is 1.27 bits per heavy atom. The molecule has 134 valence electrons. The van der Waals surface area contributed by atoms with Crippen molar-refractivity contribution in [2.45, 2.75) is 6.92 Å². The molecule has 0 saturated heterocycles. The quantitative estimate of drug-likeness (QED) is 0.680. The first kappa shape index (κ1) is 18.2. The van der Waals surface area contributed by atoms with Crippen molar-refractivity contribution in [1.82, 2.24) is 15.3 Å². The highest BCUT2D eigenvalue weighted by molar-refractivity contribution is 7.21. The van der Waals surface area contributed by atoms with Crippen LogP contribution in [0.25, 0.3) is 10.2 Å². The highest BCUT2D eigenvalue weighted by Gasteiger charge is 2.21. The summed E-state index contributed by atoms with van der Waals surface area (Å²) in [5.41, 5.74) is 0.663. The molecular weight excluding hydrogens is 400 g/mol. The molecule has 0 aliphatic rings. The van der Waals surface area contributed by atoms with Crippen molar-refractivity contribution >= 4 is 67.4 Å². The first-order valence-corrected chi connectivity index (χ1v) is 9.28. The molecule has 0 radical (unpaired) electrons. The summed E-state index contributed by atoms with van der Waals surface area (Å²) in [5, 5.41) is 5.09. The van der Waals surface area contributed by atoms with Crippen molar-refractivity contribution in [3.05, 3.63) is 39.4 Å². The zero-order valence-electron chi connectivity index (χ0n) is 13.2. The summed E-state index contributed by atoms with van der Waals surface area (Å²) < 4.78 is 5.76. The van der Waals surface area contributed by atoms with Gasteiger partial charge in [0, 0.05) is 6.20 Å². The maximum Gasteiger partial charge on any atom is 0.414 e. The lowest BCUT2D eigenvalue weighted by Crippen LogP contribution is -2.31. The molecule has 0 fully saturated rings. The Labute approximate surface area is 160 Å². The summed E-state index contributed by atoms with van der Waals surface area (Å²) in [7, 11) is 0. The van der Waals surface area contributed by atoms with Crippen LogP contribution in [0.1, 0.15) is 27.1 Å². The fraction of sp³-hybridized carbons (Fsp3) is 0.133. The van der Waals surface area contributed by atoms with Crippen LogP contribution in [0.15, 0.2) is 24.5 Å². The summed E-state index contributed by atoms with van der Waals surface area (Å²) in [6.45, 7) is 1.74. The molecule has 3 amide bonds. The standard InChI is InChI=1S/C15H11ClN4O4S2/c1-2-24-15(23)20-11(21)7-5-10(16)26-13(7)19-12(22)14-18-8-6-17-4-3-9(8)25-14/h3-6H,2H2,1H3,(H,19,22)(H,20,21,23). The second kappa shape index (κ2) is 7.77. The van der Waals surface area contributed by atoms with Crippen LogP contribution in [-0.2, 0) is 4.74 Å². The summed E-state index contributed by atoms with van der Waals surface area (Å²) in [5.74, 6) is -1.22.